The van der Waals surface area contributed by atoms with Crippen LogP contribution in [0.25, 0.3) is 0 Å². The van der Waals surface area contributed by atoms with E-state index in [0.29, 0.717) is 18.1 Å². The molecule has 1 aromatic carbocycles. The van der Waals surface area contributed by atoms with E-state index in [1.807, 2.05) is 0 Å². The van der Waals surface area contributed by atoms with E-state index in [9.17, 15) is 18.0 Å². The van der Waals surface area contributed by atoms with Crippen LogP contribution in [-0.4, -0.2) is 55.8 Å². The first-order valence-electron chi connectivity index (χ1n) is 9.16. The molecule has 0 bridgehead atoms. The van der Waals surface area contributed by atoms with E-state index >= 15 is 0 Å². The number of carbonyl (C=O) groups excluding carboxylic acids is 2. The zero-order valence-corrected chi connectivity index (χ0v) is 19.4. The molecule has 1 saturated heterocycles. The second kappa shape index (κ2) is 10.1. The molecule has 7 nitrogen and oxygen atoms in total. The van der Waals surface area contributed by atoms with Gasteiger partial charge in [0, 0.05) is 29.6 Å². The Hall–Kier alpha value is -1.59. The van der Waals surface area contributed by atoms with Gasteiger partial charge in [-0.05, 0) is 36.1 Å². The van der Waals surface area contributed by atoms with Crippen molar-refractivity contribution in [2.24, 2.45) is 0 Å². The second-order valence-electron chi connectivity index (χ2n) is 6.55. The van der Waals surface area contributed by atoms with Gasteiger partial charge in [-0.2, -0.15) is 16.1 Å². The number of sulfonamides is 1. The minimum absolute atomic E-state index is 0.0215. The zero-order chi connectivity index (χ0) is 21.7. The molecule has 1 unspecified atom stereocenters. The smallest absolute Gasteiger partial charge is 0.350 e. The van der Waals surface area contributed by atoms with Gasteiger partial charge in [-0.1, -0.05) is 23.7 Å². The number of thioether (sulfide) groups is 1. The fourth-order valence-corrected chi connectivity index (χ4v) is 6.88. The third-order valence-corrected chi connectivity index (χ3v) is 8.64. The van der Waals surface area contributed by atoms with Crippen LogP contribution in [0.2, 0.25) is 5.02 Å². The van der Waals surface area contributed by atoms with Crippen molar-refractivity contribution in [1.29, 1.82) is 0 Å². The lowest BCUT2D eigenvalue weighted by atomic mass is 10.1. The first kappa shape index (κ1) is 23.1. The van der Waals surface area contributed by atoms with Gasteiger partial charge in [0.1, 0.15) is 9.77 Å². The summed E-state index contributed by atoms with van der Waals surface area (Å²) in [6.07, 6.45) is 0. The number of esters is 1. The van der Waals surface area contributed by atoms with Gasteiger partial charge in [-0.25, -0.2) is 13.2 Å². The predicted octanol–water partition coefficient (Wildman–Crippen LogP) is 3.17. The van der Waals surface area contributed by atoms with Crippen molar-refractivity contribution < 1.29 is 22.7 Å². The van der Waals surface area contributed by atoms with Gasteiger partial charge in [0.15, 0.2) is 6.61 Å². The Labute approximate surface area is 188 Å². The number of carbonyl (C=O) groups is 2. The van der Waals surface area contributed by atoms with Crippen molar-refractivity contribution in [1.82, 2.24) is 9.62 Å². The van der Waals surface area contributed by atoms with Gasteiger partial charge in [0.05, 0.1) is 6.04 Å². The largest absolute Gasteiger partial charge is 0.451 e. The fourth-order valence-electron chi connectivity index (χ4n) is 2.89. The summed E-state index contributed by atoms with van der Waals surface area (Å²) in [6, 6.07) is 8.13. The molecular weight excluding hydrogens is 468 g/mol. The number of rotatable bonds is 7. The Bertz CT molecular complexity index is 1000. The first-order valence-corrected chi connectivity index (χ1v) is 13.0. The number of thiophene rings is 1. The molecule has 2 aromatic rings. The molecule has 1 N–H and O–H groups in total. The van der Waals surface area contributed by atoms with E-state index in [1.165, 1.54) is 15.8 Å². The van der Waals surface area contributed by atoms with Gasteiger partial charge in [-0.15, -0.1) is 11.3 Å². The lowest BCUT2D eigenvalue weighted by molar-refractivity contribution is -0.124. The standard InChI is InChI=1S/C19H21ClN2O5S3/c1-13(14-2-4-15(20)5-3-14)21-17(23)12-27-19(24)18-16(6-9-29-18)30(25,26)22-7-10-28-11-8-22/h2-6,9,13H,7-8,10-12H2,1H3,(H,21,23). The van der Waals surface area contributed by atoms with E-state index in [1.54, 1.807) is 43.0 Å². The summed E-state index contributed by atoms with van der Waals surface area (Å²) in [4.78, 5) is 24.5. The summed E-state index contributed by atoms with van der Waals surface area (Å²) >= 11 is 8.53. The molecule has 0 radical (unpaired) electrons. The summed E-state index contributed by atoms with van der Waals surface area (Å²) in [5.41, 5.74) is 0.852. The Balaban J connectivity index is 1.59. The first-order chi connectivity index (χ1) is 14.3. The predicted molar refractivity (Wildman–Crippen MR) is 119 cm³/mol. The quantitative estimate of drug-likeness (QED) is 0.602. The number of hydrogen-bond acceptors (Lipinski definition) is 7. The molecule has 1 aliphatic heterocycles. The summed E-state index contributed by atoms with van der Waals surface area (Å²) in [7, 11) is -3.77. The second-order valence-corrected chi connectivity index (χ2v) is 11.0. The van der Waals surface area contributed by atoms with Crippen molar-refractivity contribution in [3.05, 3.63) is 51.2 Å². The normalized spacial score (nSPS) is 16.1. The molecule has 1 atom stereocenters. The molecule has 3 rings (SSSR count). The van der Waals surface area contributed by atoms with Gasteiger partial charge in [-0.3, -0.25) is 4.79 Å². The lowest BCUT2D eigenvalue weighted by Crippen LogP contribution is -2.38. The van der Waals surface area contributed by atoms with Crippen LogP contribution in [0.4, 0.5) is 0 Å². The Kier molecular flexibility index (Phi) is 7.81. The minimum atomic E-state index is -3.77. The van der Waals surface area contributed by atoms with E-state index in [0.717, 1.165) is 28.4 Å². The molecule has 1 aromatic heterocycles. The summed E-state index contributed by atoms with van der Waals surface area (Å²) < 4.78 is 32.2. The van der Waals surface area contributed by atoms with E-state index < -0.39 is 28.5 Å². The number of benzene rings is 1. The van der Waals surface area contributed by atoms with Crippen LogP contribution in [-0.2, 0) is 19.6 Å². The third kappa shape index (κ3) is 5.55. The number of amides is 1. The molecule has 0 saturated carbocycles. The van der Waals surface area contributed by atoms with E-state index in [4.69, 9.17) is 16.3 Å². The molecule has 1 fully saturated rings. The van der Waals surface area contributed by atoms with Crippen LogP contribution in [0, 0.1) is 0 Å². The van der Waals surface area contributed by atoms with E-state index in [2.05, 4.69) is 5.32 Å². The lowest BCUT2D eigenvalue weighted by Gasteiger charge is -2.25. The van der Waals surface area contributed by atoms with Crippen LogP contribution >= 0.6 is 34.7 Å². The minimum Gasteiger partial charge on any atom is -0.451 e. The van der Waals surface area contributed by atoms with Gasteiger partial charge < -0.3 is 10.1 Å². The molecule has 162 valence electrons. The maximum atomic E-state index is 12.9. The zero-order valence-electron chi connectivity index (χ0n) is 16.2. The third-order valence-electron chi connectivity index (χ3n) is 4.48. The van der Waals surface area contributed by atoms with Gasteiger partial charge in [0.2, 0.25) is 10.0 Å². The van der Waals surface area contributed by atoms with Crippen molar-refractivity contribution in [3.8, 4) is 0 Å². The van der Waals surface area contributed by atoms with Crippen molar-refractivity contribution in [3.63, 3.8) is 0 Å². The van der Waals surface area contributed by atoms with Crippen LogP contribution < -0.4 is 5.32 Å². The van der Waals surface area contributed by atoms with Crippen LogP contribution in [0.3, 0.4) is 0 Å². The van der Waals surface area contributed by atoms with Crippen molar-refractivity contribution in [2.45, 2.75) is 17.9 Å². The van der Waals surface area contributed by atoms with Crippen LogP contribution in [0.5, 0.6) is 0 Å². The summed E-state index contributed by atoms with van der Waals surface area (Å²) in [5, 5.41) is 4.85. The number of hydrogen-bond donors (Lipinski definition) is 1. The van der Waals surface area contributed by atoms with Gasteiger partial charge >= 0.3 is 5.97 Å². The molecule has 2 heterocycles. The highest BCUT2D eigenvalue weighted by Crippen LogP contribution is 2.27. The number of halogens is 1. The highest BCUT2D eigenvalue weighted by atomic mass is 35.5. The van der Waals surface area contributed by atoms with Crippen molar-refractivity contribution >= 4 is 56.6 Å². The van der Waals surface area contributed by atoms with Crippen LogP contribution in [0.15, 0.2) is 40.6 Å². The summed E-state index contributed by atoms with van der Waals surface area (Å²) in [6.45, 7) is 2.10. The monoisotopic (exact) mass is 488 g/mol. The maximum absolute atomic E-state index is 12.9. The number of nitrogens with one attached hydrogen (secondary N) is 1. The van der Waals surface area contributed by atoms with Crippen LogP contribution in [0.1, 0.15) is 28.2 Å². The Morgan fingerprint density at radius 1 is 1.20 bits per heavy atom. The number of nitrogens with zero attached hydrogens (tertiary/aromatic N) is 1. The highest BCUT2D eigenvalue weighted by molar-refractivity contribution is 7.99. The molecule has 1 aliphatic rings. The molecule has 0 spiro atoms. The van der Waals surface area contributed by atoms with Crippen molar-refractivity contribution in [2.75, 3.05) is 31.2 Å². The molecule has 0 aliphatic carbocycles. The SMILES string of the molecule is CC(NC(=O)COC(=O)c1sccc1S(=O)(=O)N1CCSCC1)c1ccc(Cl)cc1. The van der Waals surface area contributed by atoms with E-state index in [-0.39, 0.29) is 15.8 Å². The average Bonchev–Trinajstić information content (AvgIpc) is 3.24. The average molecular weight is 489 g/mol. The maximum Gasteiger partial charge on any atom is 0.350 e. The topological polar surface area (TPSA) is 92.8 Å². The molecule has 1 amide bonds. The molecule has 11 heteroatoms. The van der Waals surface area contributed by atoms with Gasteiger partial charge in [0.25, 0.3) is 5.91 Å². The number of ether oxygens (including phenoxy) is 1. The summed E-state index contributed by atoms with van der Waals surface area (Å²) in [5.74, 6) is 0.119. The fraction of sp³-hybridized carbons (Fsp3) is 0.368. The molecular formula is C19H21ClN2O5S3. The highest BCUT2D eigenvalue weighted by Gasteiger charge is 2.31. The molecule has 30 heavy (non-hydrogen) atoms. The Morgan fingerprint density at radius 2 is 1.87 bits per heavy atom. The Morgan fingerprint density at radius 3 is 2.53 bits per heavy atom.